The van der Waals surface area contributed by atoms with Gasteiger partial charge in [-0.1, -0.05) is 17.7 Å². The van der Waals surface area contributed by atoms with Gasteiger partial charge in [0.25, 0.3) is 5.91 Å². The van der Waals surface area contributed by atoms with E-state index in [0.29, 0.717) is 0 Å². The van der Waals surface area contributed by atoms with Gasteiger partial charge in [-0.3, -0.25) is 15.2 Å². The molecule has 0 fully saturated rings. The number of amides is 1. The van der Waals surface area contributed by atoms with Crippen molar-refractivity contribution in [1.82, 2.24) is 5.43 Å². The van der Waals surface area contributed by atoms with Crippen LogP contribution in [0, 0.1) is 13.8 Å². The molecule has 3 nitrogen and oxygen atoms in total. The number of thiophene rings is 1. The number of hydrazine groups is 1. The SMILES string of the molecule is CCN(NC(=O)c1sccc1C)c1ccc(C)cc1. The highest BCUT2D eigenvalue weighted by Crippen LogP contribution is 2.17. The third kappa shape index (κ3) is 3.15. The molecule has 0 spiro atoms. The molecule has 1 aromatic heterocycles. The fourth-order valence-corrected chi connectivity index (χ4v) is 2.64. The lowest BCUT2D eigenvalue weighted by Crippen LogP contribution is -2.42. The average molecular weight is 274 g/mol. The molecule has 0 aliphatic carbocycles. The van der Waals surface area contributed by atoms with E-state index < -0.39 is 0 Å². The molecule has 19 heavy (non-hydrogen) atoms. The number of nitrogens with zero attached hydrogens (tertiary/aromatic N) is 1. The Hall–Kier alpha value is -1.81. The van der Waals surface area contributed by atoms with Crippen molar-refractivity contribution in [2.75, 3.05) is 11.6 Å². The summed E-state index contributed by atoms with van der Waals surface area (Å²) >= 11 is 1.47. The van der Waals surface area contributed by atoms with Crippen LogP contribution in [0.5, 0.6) is 0 Å². The largest absolute Gasteiger partial charge is 0.286 e. The summed E-state index contributed by atoms with van der Waals surface area (Å²) < 4.78 is 0. The molecule has 1 heterocycles. The number of rotatable bonds is 4. The molecule has 2 rings (SSSR count). The monoisotopic (exact) mass is 274 g/mol. The number of anilines is 1. The smallest absolute Gasteiger partial charge is 0.280 e. The zero-order chi connectivity index (χ0) is 13.8. The van der Waals surface area contributed by atoms with E-state index in [4.69, 9.17) is 0 Å². The highest BCUT2D eigenvalue weighted by molar-refractivity contribution is 7.12. The van der Waals surface area contributed by atoms with Crippen LogP contribution in [0.25, 0.3) is 0 Å². The van der Waals surface area contributed by atoms with Crippen LogP contribution in [0.1, 0.15) is 27.7 Å². The van der Waals surface area contributed by atoms with Crippen LogP contribution in [0.15, 0.2) is 35.7 Å². The molecule has 4 heteroatoms. The van der Waals surface area contributed by atoms with Crippen molar-refractivity contribution in [2.45, 2.75) is 20.8 Å². The first kappa shape index (κ1) is 13.6. The van der Waals surface area contributed by atoms with Gasteiger partial charge in [-0.15, -0.1) is 11.3 Å². The van der Waals surface area contributed by atoms with Gasteiger partial charge in [-0.2, -0.15) is 0 Å². The van der Waals surface area contributed by atoms with Gasteiger partial charge in [-0.25, -0.2) is 0 Å². The summed E-state index contributed by atoms with van der Waals surface area (Å²) in [5, 5.41) is 3.80. The van der Waals surface area contributed by atoms with Gasteiger partial charge in [0, 0.05) is 6.54 Å². The number of hydrogen-bond acceptors (Lipinski definition) is 3. The molecule has 0 aliphatic rings. The third-order valence-electron chi connectivity index (χ3n) is 2.97. The Morgan fingerprint density at radius 3 is 2.42 bits per heavy atom. The summed E-state index contributed by atoms with van der Waals surface area (Å²) in [6.07, 6.45) is 0. The second-order valence-electron chi connectivity index (χ2n) is 4.45. The molecule has 0 unspecified atom stereocenters. The number of hydrogen-bond donors (Lipinski definition) is 1. The highest BCUT2D eigenvalue weighted by Gasteiger charge is 2.13. The summed E-state index contributed by atoms with van der Waals surface area (Å²) in [5.74, 6) is -0.0464. The molecule has 1 aromatic carbocycles. The van der Waals surface area contributed by atoms with Crippen molar-refractivity contribution in [3.8, 4) is 0 Å². The Bertz CT molecular complexity index is 560. The summed E-state index contributed by atoms with van der Waals surface area (Å²) in [7, 11) is 0. The molecular formula is C15H18N2OS. The normalized spacial score (nSPS) is 10.3. The van der Waals surface area contributed by atoms with Crippen molar-refractivity contribution in [3.63, 3.8) is 0 Å². The quantitative estimate of drug-likeness (QED) is 0.865. The van der Waals surface area contributed by atoms with E-state index >= 15 is 0 Å². The molecule has 0 radical (unpaired) electrons. The molecule has 0 bridgehead atoms. The summed E-state index contributed by atoms with van der Waals surface area (Å²) in [6.45, 7) is 6.74. The van der Waals surface area contributed by atoms with E-state index in [2.05, 4.69) is 5.43 Å². The maximum absolute atomic E-state index is 12.2. The third-order valence-corrected chi connectivity index (χ3v) is 3.98. The van der Waals surface area contributed by atoms with Crippen molar-refractivity contribution < 1.29 is 4.79 Å². The van der Waals surface area contributed by atoms with Gasteiger partial charge in [-0.05, 0) is 49.9 Å². The van der Waals surface area contributed by atoms with Gasteiger partial charge < -0.3 is 0 Å². The van der Waals surface area contributed by atoms with E-state index in [-0.39, 0.29) is 5.91 Å². The van der Waals surface area contributed by atoms with Gasteiger partial charge in [0.1, 0.15) is 0 Å². The maximum Gasteiger partial charge on any atom is 0.280 e. The number of aryl methyl sites for hydroxylation is 2. The molecule has 0 atom stereocenters. The standard InChI is InChI=1S/C15H18N2OS/c1-4-17(13-7-5-11(2)6-8-13)16-15(18)14-12(3)9-10-19-14/h5-10H,4H2,1-3H3,(H,16,18). The molecule has 100 valence electrons. The molecule has 0 aliphatic heterocycles. The number of carbonyl (C=O) groups is 1. The lowest BCUT2D eigenvalue weighted by molar-refractivity contribution is 0.0953. The van der Waals surface area contributed by atoms with Crippen LogP contribution in [0.3, 0.4) is 0 Å². The molecule has 1 amide bonds. The summed E-state index contributed by atoms with van der Waals surface area (Å²) in [6, 6.07) is 10.1. The van der Waals surface area contributed by atoms with Gasteiger partial charge in [0.05, 0.1) is 10.6 Å². The zero-order valence-corrected chi connectivity index (χ0v) is 12.3. The van der Waals surface area contributed by atoms with E-state index in [9.17, 15) is 4.79 Å². The topological polar surface area (TPSA) is 32.3 Å². The average Bonchev–Trinajstić information content (AvgIpc) is 2.83. The molecule has 0 saturated heterocycles. The zero-order valence-electron chi connectivity index (χ0n) is 11.4. The lowest BCUT2D eigenvalue weighted by Gasteiger charge is -2.23. The van der Waals surface area contributed by atoms with Crippen molar-refractivity contribution >= 4 is 22.9 Å². The van der Waals surface area contributed by atoms with E-state index in [0.717, 1.165) is 22.7 Å². The van der Waals surface area contributed by atoms with Crippen LogP contribution in [-0.2, 0) is 0 Å². The first-order valence-electron chi connectivity index (χ1n) is 6.31. The number of benzene rings is 1. The Morgan fingerprint density at radius 2 is 1.89 bits per heavy atom. The Labute approximate surface area is 117 Å². The van der Waals surface area contributed by atoms with Crippen LogP contribution in [0.2, 0.25) is 0 Å². The molecular weight excluding hydrogens is 256 g/mol. The van der Waals surface area contributed by atoms with Gasteiger partial charge in [0.2, 0.25) is 0 Å². The first-order valence-corrected chi connectivity index (χ1v) is 7.19. The predicted octanol–water partition coefficient (Wildman–Crippen LogP) is 3.54. The summed E-state index contributed by atoms with van der Waals surface area (Å²) in [4.78, 5) is 13.0. The van der Waals surface area contributed by atoms with E-state index in [1.54, 1.807) is 0 Å². The molecule has 0 saturated carbocycles. The number of carbonyl (C=O) groups excluding carboxylic acids is 1. The minimum Gasteiger partial charge on any atom is -0.286 e. The Balaban J connectivity index is 2.13. The van der Waals surface area contributed by atoms with Crippen LogP contribution in [0.4, 0.5) is 5.69 Å². The molecule has 1 N–H and O–H groups in total. The van der Waals surface area contributed by atoms with Gasteiger partial charge >= 0.3 is 0 Å². The van der Waals surface area contributed by atoms with Crippen LogP contribution >= 0.6 is 11.3 Å². The van der Waals surface area contributed by atoms with Crippen molar-refractivity contribution in [1.29, 1.82) is 0 Å². The summed E-state index contributed by atoms with van der Waals surface area (Å²) in [5.41, 5.74) is 6.17. The van der Waals surface area contributed by atoms with Crippen molar-refractivity contribution in [2.24, 2.45) is 0 Å². The van der Waals surface area contributed by atoms with Crippen molar-refractivity contribution in [3.05, 3.63) is 51.7 Å². The minimum absolute atomic E-state index is 0.0464. The molecule has 2 aromatic rings. The van der Waals surface area contributed by atoms with Crippen LogP contribution < -0.4 is 10.4 Å². The highest BCUT2D eigenvalue weighted by atomic mass is 32.1. The van der Waals surface area contributed by atoms with Gasteiger partial charge in [0.15, 0.2) is 0 Å². The fourth-order valence-electron chi connectivity index (χ4n) is 1.83. The predicted molar refractivity (Wildman–Crippen MR) is 80.7 cm³/mol. The second-order valence-corrected chi connectivity index (χ2v) is 5.37. The fraction of sp³-hybridized carbons (Fsp3) is 0.267. The second kappa shape index (κ2) is 5.89. The van der Waals surface area contributed by atoms with Crippen LogP contribution in [-0.4, -0.2) is 12.5 Å². The number of nitrogens with one attached hydrogen (secondary N) is 1. The first-order chi connectivity index (χ1) is 9.11. The van der Waals surface area contributed by atoms with E-state index in [1.165, 1.54) is 16.9 Å². The minimum atomic E-state index is -0.0464. The van der Waals surface area contributed by atoms with E-state index in [1.807, 2.05) is 61.5 Å². The Morgan fingerprint density at radius 1 is 1.21 bits per heavy atom. The lowest BCUT2D eigenvalue weighted by atomic mass is 10.2. The Kier molecular flexibility index (Phi) is 4.22. The maximum atomic E-state index is 12.2.